The van der Waals surface area contributed by atoms with Gasteiger partial charge in [-0.05, 0) is 24.1 Å². The first-order valence-corrected chi connectivity index (χ1v) is 6.28. The van der Waals surface area contributed by atoms with Gasteiger partial charge >= 0.3 is 0 Å². The smallest absolute Gasteiger partial charge is 0.221 e. The SMILES string of the molecule is CCCC(=O)NCc1ccc(OC)c(NC(C)=O)c1. The predicted octanol–water partition coefficient (Wildman–Crippen LogP) is 2.07. The number of hydrogen-bond donors (Lipinski definition) is 2. The molecule has 0 aromatic heterocycles. The summed E-state index contributed by atoms with van der Waals surface area (Å²) in [6, 6.07) is 5.43. The second kappa shape index (κ2) is 7.41. The Morgan fingerprint density at radius 2 is 2.05 bits per heavy atom. The summed E-state index contributed by atoms with van der Waals surface area (Å²) >= 11 is 0. The Morgan fingerprint density at radius 1 is 1.32 bits per heavy atom. The molecule has 0 aliphatic rings. The van der Waals surface area contributed by atoms with E-state index in [1.165, 1.54) is 6.92 Å². The average Bonchev–Trinajstić information content (AvgIpc) is 2.36. The van der Waals surface area contributed by atoms with Gasteiger partial charge in [0.2, 0.25) is 11.8 Å². The van der Waals surface area contributed by atoms with Gasteiger partial charge in [0.15, 0.2) is 0 Å². The van der Waals surface area contributed by atoms with Crippen LogP contribution >= 0.6 is 0 Å². The summed E-state index contributed by atoms with van der Waals surface area (Å²) in [7, 11) is 1.54. The molecular weight excluding hydrogens is 244 g/mol. The molecule has 0 radical (unpaired) electrons. The lowest BCUT2D eigenvalue weighted by Gasteiger charge is -2.11. The van der Waals surface area contributed by atoms with Gasteiger partial charge in [-0.3, -0.25) is 9.59 Å². The summed E-state index contributed by atoms with van der Waals surface area (Å²) in [6.07, 6.45) is 1.35. The molecule has 0 fully saturated rings. The van der Waals surface area contributed by atoms with Crippen LogP contribution in [0.25, 0.3) is 0 Å². The summed E-state index contributed by atoms with van der Waals surface area (Å²) in [5.41, 5.74) is 1.52. The molecule has 1 rings (SSSR count). The Kier molecular flexibility index (Phi) is 5.85. The molecule has 0 unspecified atom stereocenters. The van der Waals surface area contributed by atoms with Crippen LogP contribution in [0.3, 0.4) is 0 Å². The van der Waals surface area contributed by atoms with Gasteiger partial charge in [-0.25, -0.2) is 0 Å². The van der Waals surface area contributed by atoms with E-state index in [1.54, 1.807) is 19.2 Å². The maximum absolute atomic E-state index is 11.4. The zero-order chi connectivity index (χ0) is 14.3. The first kappa shape index (κ1) is 15.0. The number of carbonyl (C=O) groups excluding carboxylic acids is 2. The molecule has 0 atom stereocenters. The number of anilines is 1. The van der Waals surface area contributed by atoms with E-state index < -0.39 is 0 Å². The largest absolute Gasteiger partial charge is 0.495 e. The van der Waals surface area contributed by atoms with Gasteiger partial charge in [-0.2, -0.15) is 0 Å². The van der Waals surface area contributed by atoms with E-state index in [4.69, 9.17) is 4.74 Å². The summed E-state index contributed by atoms with van der Waals surface area (Å²) in [4.78, 5) is 22.5. The number of rotatable bonds is 6. The molecule has 0 saturated carbocycles. The van der Waals surface area contributed by atoms with Crippen molar-refractivity contribution in [1.29, 1.82) is 0 Å². The van der Waals surface area contributed by atoms with E-state index in [1.807, 2.05) is 13.0 Å². The fourth-order valence-electron chi connectivity index (χ4n) is 1.67. The highest BCUT2D eigenvalue weighted by Gasteiger charge is 2.07. The first-order valence-electron chi connectivity index (χ1n) is 6.28. The van der Waals surface area contributed by atoms with E-state index in [0.717, 1.165) is 12.0 Å². The van der Waals surface area contributed by atoms with Crippen LogP contribution in [0.2, 0.25) is 0 Å². The van der Waals surface area contributed by atoms with E-state index in [9.17, 15) is 9.59 Å². The van der Waals surface area contributed by atoms with Gasteiger partial charge in [0.05, 0.1) is 12.8 Å². The molecular formula is C14H20N2O3. The molecule has 19 heavy (non-hydrogen) atoms. The third-order valence-electron chi connectivity index (χ3n) is 2.54. The van der Waals surface area contributed by atoms with Gasteiger partial charge in [0.25, 0.3) is 0 Å². The molecule has 0 bridgehead atoms. The molecule has 0 saturated heterocycles. The Morgan fingerprint density at radius 3 is 2.63 bits per heavy atom. The van der Waals surface area contributed by atoms with Crippen molar-refractivity contribution in [2.75, 3.05) is 12.4 Å². The molecule has 5 nitrogen and oxygen atoms in total. The molecule has 1 aromatic rings. The molecule has 1 aromatic carbocycles. The highest BCUT2D eigenvalue weighted by atomic mass is 16.5. The van der Waals surface area contributed by atoms with Crippen LogP contribution in [-0.2, 0) is 16.1 Å². The van der Waals surface area contributed by atoms with Gasteiger partial charge in [-0.1, -0.05) is 13.0 Å². The Hall–Kier alpha value is -2.04. The molecule has 0 aliphatic heterocycles. The second-order valence-electron chi connectivity index (χ2n) is 4.24. The summed E-state index contributed by atoms with van der Waals surface area (Å²) in [5.74, 6) is 0.462. The van der Waals surface area contributed by atoms with Crippen LogP contribution in [0.4, 0.5) is 5.69 Å². The molecule has 2 N–H and O–H groups in total. The van der Waals surface area contributed by atoms with Crippen molar-refractivity contribution in [1.82, 2.24) is 5.32 Å². The van der Waals surface area contributed by atoms with Crippen molar-refractivity contribution in [3.63, 3.8) is 0 Å². The van der Waals surface area contributed by atoms with Gasteiger partial charge < -0.3 is 15.4 Å². The van der Waals surface area contributed by atoms with E-state index in [-0.39, 0.29) is 11.8 Å². The van der Waals surface area contributed by atoms with Crippen molar-refractivity contribution in [3.8, 4) is 5.75 Å². The fourth-order valence-corrected chi connectivity index (χ4v) is 1.67. The van der Waals surface area contributed by atoms with Crippen molar-refractivity contribution >= 4 is 17.5 Å². The third-order valence-corrected chi connectivity index (χ3v) is 2.54. The van der Waals surface area contributed by atoms with Crippen molar-refractivity contribution in [3.05, 3.63) is 23.8 Å². The number of hydrogen-bond acceptors (Lipinski definition) is 3. The van der Waals surface area contributed by atoms with Crippen LogP contribution in [0, 0.1) is 0 Å². The van der Waals surface area contributed by atoms with E-state index in [0.29, 0.717) is 24.4 Å². The second-order valence-corrected chi connectivity index (χ2v) is 4.24. The van der Waals surface area contributed by atoms with E-state index in [2.05, 4.69) is 10.6 Å². The Bertz CT molecular complexity index is 458. The number of ether oxygens (including phenoxy) is 1. The van der Waals surface area contributed by atoms with Crippen LogP contribution in [0.15, 0.2) is 18.2 Å². The van der Waals surface area contributed by atoms with E-state index >= 15 is 0 Å². The van der Waals surface area contributed by atoms with Crippen molar-refractivity contribution < 1.29 is 14.3 Å². The first-order chi connectivity index (χ1) is 9.06. The minimum Gasteiger partial charge on any atom is -0.495 e. The molecule has 0 aliphatic carbocycles. The van der Waals surface area contributed by atoms with Crippen LogP contribution in [0.5, 0.6) is 5.75 Å². The van der Waals surface area contributed by atoms with Crippen molar-refractivity contribution in [2.45, 2.75) is 33.2 Å². The average molecular weight is 264 g/mol. The number of nitrogens with one attached hydrogen (secondary N) is 2. The lowest BCUT2D eigenvalue weighted by molar-refractivity contribution is -0.121. The monoisotopic (exact) mass is 264 g/mol. The lowest BCUT2D eigenvalue weighted by atomic mass is 10.1. The lowest BCUT2D eigenvalue weighted by Crippen LogP contribution is -2.22. The quantitative estimate of drug-likeness (QED) is 0.826. The van der Waals surface area contributed by atoms with Gasteiger partial charge in [-0.15, -0.1) is 0 Å². The molecule has 5 heteroatoms. The highest BCUT2D eigenvalue weighted by Crippen LogP contribution is 2.25. The minimum atomic E-state index is -0.162. The van der Waals surface area contributed by atoms with Gasteiger partial charge in [0, 0.05) is 19.9 Å². The van der Waals surface area contributed by atoms with Gasteiger partial charge in [0.1, 0.15) is 5.75 Å². The predicted molar refractivity (Wildman–Crippen MR) is 74.1 cm³/mol. The number of methoxy groups -OCH3 is 1. The number of carbonyl (C=O) groups is 2. The number of amides is 2. The Labute approximate surface area is 113 Å². The Balaban J connectivity index is 2.74. The summed E-state index contributed by atoms with van der Waals surface area (Å²) in [6.45, 7) is 3.84. The van der Waals surface area contributed by atoms with Crippen LogP contribution in [-0.4, -0.2) is 18.9 Å². The third kappa shape index (κ3) is 4.99. The zero-order valence-electron chi connectivity index (χ0n) is 11.6. The fraction of sp³-hybridized carbons (Fsp3) is 0.429. The maximum atomic E-state index is 11.4. The molecule has 104 valence electrons. The number of benzene rings is 1. The topological polar surface area (TPSA) is 67.4 Å². The standard InChI is InChI=1S/C14H20N2O3/c1-4-5-14(18)15-9-11-6-7-13(19-3)12(8-11)16-10(2)17/h6-8H,4-5,9H2,1-3H3,(H,15,18)(H,16,17). The van der Waals surface area contributed by atoms with Crippen molar-refractivity contribution in [2.24, 2.45) is 0 Å². The normalized spacial score (nSPS) is 9.84. The zero-order valence-corrected chi connectivity index (χ0v) is 11.6. The maximum Gasteiger partial charge on any atom is 0.221 e. The molecule has 0 heterocycles. The molecule has 2 amide bonds. The highest BCUT2D eigenvalue weighted by molar-refractivity contribution is 5.90. The molecule has 0 spiro atoms. The minimum absolute atomic E-state index is 0.0272. The van der Waals surface area contributed by atoms with Crippen LogP contribution in [0.1, 0.15) is 32.3 Å². The summed E-state index contributed by atoms with van der Waals surface area (Å²) < 4.78 is 5.16. The van der Waals surface area contributed by atoms with Crippen LogP contribution < -0.4 is 15.4 Å². The summed E-state index contributed by atoms with van der Waals surface area (Å²) in [5, 5.41) is 5.53.